The molecule has 4 aromatic rings. The largest absolute Gasteiger partial charge is 0.493 e. The number of carbonyl (C=O) groups is 1. The molecule has 1 heterocycles. The van der Waals surface area contributed by atoms with Gasteiger partial charge in [-0.25, -0.2) is 4.39 Å². The first-order valence-corrected chi connectivity index (χ1v) is 10.8. The van der Waals surface area contributed by atoms with Crippen molar-refractivity contribution in [3.63, 3.8) is 0 Å². The maximum atomic E-state index is 14.5. The van der Waals surface area contributed by atoms with Gasteiger partial charge < -0.3 is 9.47 Å². The van der Waals surface area contributed by atoms with E-state index in [4.69, 9.17) is 14.7 Å². The summed E-state index contributed by atoms with van der Waals surface area (Å²) in [5.74, 6) is -0.237. The number of benzene rings is 3. The average Bonchev–Trinajstić information content (AvgIpc) is 3.27. The number of esters is 1. The van der Waals surface area contributed by atoms with Crippen molar-refractivity contribution in [3.05, 3.63) is 84.2 Å². The van der Waals surface area contributed by atoms with E-state index in [9.17, 15) is 9.18 Å². The molecule has 0 radical (unpaired) electrons. The molecule has 0 aliphatic rings. The number of nitrogens with zero attached hydrogens (tertiary/aromatic N) is 4. The lowest BCUT2D eigenvalue weighted by Crippen LogP contribution is -2.12. The van der Waals surface area contributed by atoms with Gasteiger partial charge >= 0.3 is 5.97 Å². The number of aromatic nitrogens is 3. The quantitative estimate of drug-likeness (QED) is 0.225. The summed E-state index contributed by atoms with van der Waals surface area (Å²) >= 11 is 1.11. The highest BCUT2D eigenvalue weighted by Gasteiger charge is 2.20. The lowest BCUT2D eigenvalue weighted by molar-refractivity contribution is -0.131. The molecule has 0 spiro atoms. The minimum absolute atomic E-state index is 0.0780. The van der Waals surface area contributed by atoms with E-state index in [-0.39, 0.29) is 17.3 Å². The number of carbonyl (C=O) groups excluding carboxylic acids is 1. The van der Waals surface area contributed by atoms with E-state index in [1.165, 1.54) is 31.4 Å². The van der Waals surface area contributed by atoms with Gasteiger partial charge in [-0.05, 0) is 36.4 Å². The number of rotatable bonds is 7. The monoisotopic (exact) mass is 460 g/mol. The van der Waals surface area contributed by atoms with E-state index >= 15 is 0 Å². The van der Waals surface area contributed by atoms with Crippen LogP contribution >= 0.6 is 11.8 Å². The fourth-order valence-electron chi connectivity index (χ4n) is 3.09. The van der Waals surface area contributed by atoms with Crippen LogP contribution in [-0.2, 0) is 4.79 Å². The number of nitriles is 1. The molecule has 1 aromatic heterocycles. The summed E-state index contributed by atoms with van der Waals surface area (Å²) in [6, 6.07) is 22.1. The zero-order valence-corrected chi connectivity index (χ0v) is 18.3. The second-order valence-electron chi connectivity index (χ2n) is 6.70. The van der Waals surface area contributed by atoms with Crippen LogP contribution in [0.5, 0.6) is 11.5 Å². The molecule has 4 rings (SSSR count). The van der Waals surface area contributed by atoms with Crippen molar-refractivity contribution < 1.29 is 18.7 Å². The van der Waals surface area contributed by atoms with Crippen LogP contribution in [0.3, 0.4) is 0 Å². The molecule has 0 aliphatic carbocycles. The van der Waals surface area contributed by atoms with Crippen molar-refractivity contribution in [1.29, 1.82) is 5.26 Å². The summed E-state index contributed by atoms with van der Waals surface area (Å²) < 4.78 is 26.8. The van der Waals surface area contributed by atoms with Gasteiger partial charge in [-0.3, -0.25) is 9.36 Å². The van der Waals surface area contributed by atoms with Crippen LogP contribution in [0.1, 0.15) is 5.56 Å². The molecule has 0 fully saturated rings. The number of para-hydroxylation sites is 1. The van der Waals surface area contributed by atoms with Gasteiger partial charge in [-0.2, -0.15) is 5.26 Å². The lowest BCUT2D eigenvalue weighted by Gasteiger charge is -2.11. The summed E-state index contributed by atoms with van der Waals surface area (Å²) in [6.45, 7) is 0. The van der Waals surface area contributed by atoms with Crippen LogP contribution in [0.2, 0.25) is 0 Å². The Bertz CT molecular complexity index is 1340. The molecule has 0 saturated carbocycles. The van der Waals surface area contributed by atoms with Crippen LogP contribution in [0.15, 0.2) is 78.0 Å². The van der Waals surface area contributed by atoms with Crippen LogP contribution in [0.25, 0.3) is 17.1 Å². The first-order chi connectivity index (χ1) is 16.1. The smallest absolute Gasteiger partial charge is 0.321 e. The summed E-state index contributed by atoms with van der Waals surface area (Å²) in [6.07, 6.45) is 0. The van der Waals surface area contributed by atoms with Gasteiger partial charge in [0.1, 0.15) is 5.82 Å². The standard InChI is InChI=1S/C24H17FN4O3S/c1-31-21-13-16(14-26)11-12-20(21)32-22(30)15-33-24-28-27-23(18-9-5-6-10-19(18)25)29(24)17-7-3-2-4-8-17/h2-13H,15H2,1H3. The highest BCUT2D eigenvalue weighted by atomic mass is 32.2. The van der Waals surface area contributed by atoms with Crippen LogP contribution in [-0.4, -0.2) is 33.6 Å². The van der Waals surface area contributed by atoms with Gasteiger partial charge in [0.05, 0.1) is 30.1 Å². The van der Waals surface area contributed by atoms with Gasteiger partial charge in [-0.1, -0.05) is 42.1 Å². The molecule has 7 nitrogen and oxygen atoms in total. The van der Waals surface area contributed by atoms with E-state index in [0.717, 1.165) is 17.4 Å². The third-order valence-electron chi connectivity index (χ3n) is 4.60. The molecule has 0 N–H and O–H groups in total. The molecule has 9 heteroatoms. The molecule has 3 aromatic carbocycles. The maximum Gasteiger partial charge on any atom is 0.321 e. The average molecular weight is 460 g/mol. The van der Waals surface area contributed by atoms with E-state index in [1.54, 1.807) is 22.8 Å². The first-order valence-electron chi connectivity index (χ1n) is 9.78. The number of ether oxygens (including phenoxy) is 2. The van der Waals surface area contributed by atoms with Crippen LogP contribution in [0, 0.1) is 17.1 Å². The van der Waals surface area contributed by atoms with E-state index in [2.05, 4.69) is 10.2 Å². The molecule has 164 valence electrons. The van der Waals surface area contributed by atoms with Crippen molar-refractivity contribution in [3.8, 4) is 34.6 Å². The second kappa shape index (κ2) is 9.97. The number of halogens is 1. The third-order valence-corrected chi connectivity index (χ3v) is 5.50. The minimum Gasteiger partial charge on any atom is -0.493 e. The van der Waals surface area contributed by atoms with Crippen molar-refractivity contribution in [2.75, 3.05) is 12.9 Å². The number of hydrogen-bond donors (Lipinski definition) is 0. The first kappa shape index (κ1) is 22.0. The molecule has 0 aliphatic heterocycles. The Labute approximate surface area is 193 Å². The van der Waals surface area contributed by atoms with Gasteiger partial charge in [0.25, 0.3) is 0 Å². The molecular weight excluding hydrogens is 443 g/mol. The predicted molar refractivity (Wildman–Crippen MR) is 121 cm³/mol. The number of thioether (sulfide) groups is 1. The van der Waals surface area contributed by atoms with Gasteiger partial charge in [0, 0.05) is 11.8 Å². The van der Waals surface area contributed by atoms with Gasteiger partial charge in [-0.15, -0.1) is 10.2 Å². The van der Waals surface area contributed by atoms with Crippen molar-refractivity contribution in [2.45, 2.75) is 5.16 Å². The SMILES string of the molecule is COc1cc(C#N)ccc1OC(=O)CSc1nnc(-c2ccccc2F)n1-c1ccccc1. The maximum absolute atomic E-state index is 14.5. The van der Waals surface area contributed by atoms with Crippen molar-refractivity contribution >= 4 is 17.7 Å². The fraction of sp³-hybridized carbons (Fsp3) is 0.0833. The zero-order chi connectivity index (χ0) is 23.2. The Morgan fingerprint density at radius 1 is 1.06 bits per heavy atom. The van der Waals surface area contributed by atoms with Crippen molar-refractivity contribution in [1.82, 2.24) is 14.8 Å². The van der Waals surface area contributed by atoms with E-state index in [1.807, 2.05) is 36.4 Å². The zero-order valence-electron chi connectivity index (χ0n) is 17.4. The molecule has 0 unspecified atom stereocenters. The third kappa shape index (κ3) is 4.86. The van der Waals surface area contributed by atoms with E-state index in [0.29, 0.717) is 22.1 Å². The molecule has 0 saturated heterocycles. The second-order valence-corrected chi connectivity index (χ2v) is 7.64. The Morgan fingerprint density at radius 3 is 2.55 bits per heavy atom. The summed E-state index contributed by atoms with van der Waals surface area (Å²) in [4.78, 5) is 12.5. The summed E-state index contributed by atoms with van der Waals surface area (Å²) in [5, 5.41) is 17.8. The number of methoxy groups -OCH3 is 1. The topological polar surface area (TPSA) is 90.0 Å². The molecule has 0 atom stereocenters. The van der Waals surface area contributed by atoms with Crippen LogP contribution in [0.4, 0.5) is 4.39 Å². The molecule has 33 heavy (non-hydrogen) atoms. The fourth-order valence-corrected chi connectivity index (χ4v) is 3.81. The predicted octanol–water partition coefficient (Wildman–Crippen LogP) is 4.65. The Hall–Kier alpha value is -4.16. The summed E-state index contributed by atoms with van der Waals surface area (Å²) in [7, 11) is 1.43. The minimum atomic E-state index is -0.543. The van der Waals surface area contributed by atoms with Gasteiger partial charge in [0.2, 0.25) is 0 Å². The normalized spacial score (nSPS) is 10.5. The number of hydrogen-bond acceptors (Lipinski definition) is 7. The molecule has 0 bridgehead atoms. The van der Waals surface area contributed by atoms with Crippen LogP contribution < -0.4 is 9.47 Å². The highest BCUT2D eigenvalue weighted by molar-refractivity contribution is 7.99. The summed E-state index contributed by atoms with van der Waals surface area (Å²) in [5.41, 5.74) is 1.41. The van der Waals surface area contributed by atoms with Gasteiger partial charge in [0.15, 0.2) is 22.5 Å². The Morgan fingerprint density at radius 2 is 1.82 bits per heavy atom. The Kier molecular flexibility index (Phi) is 6.66. The van der Waals surface area contributed by atoms with E-state index < -0.39 is 11.8 Å². The molecule has 0 amide bonds. The van der Waals surface area contributed by atoms with Crippen molar-refractivity contribution in [2.24, 2.45) is 0 Å². The lowest BCUT2D eigenvalue weighted by atomic mass is 10.2. The highest BCUT2D eigenvalue weighted by Crippen LogP contribution is 2.31. The Balaban J connectivity index is 1.58. The molecular formula is C24H17FN4O3S.